The predicted molar refractivity (Wildman–Crippen MR) is 58.3 cm³/mol. The smallest absolute Gasteiger partial charge is 0.223 e. The number of rotatable bonds is 3. The highest BCUT2D eigenvalue weighted by Crippen LogP contribution is 2.17. The van der Waals surface area contributed by atoms with Gasteiger partial charge in [-0.15, -0.1) is 0 Å². The van der Waals surface area contributed by atoms with Gasteiger partial charge in [-0.1, -0.05) is 6.07 Å². The number of hydrogen-bond acceptors (Lipinski definition) is 2. The lowest BCUT2D eigenvalue weighted by Gasteiger charge is -2.21. The van der Waals surface area contributed by atoms with E-state index in [4.69, 9.17) is 0 Å². The zero-order valence-electron chi connectivity index (χ0n) is 8.78. The van der Waals surface area contributed by atoms with E-state index in [2.05, 4.69) is 16.4 Å². The summed E-state index contributed by atoms with van der Waals surface area (Å²) in [7, 11) is 0. The molecule has 0 saturated carbocycles. The predicted octanol–water partition coefficient (Wildman–Crippen LogP) is 1.54. The third-order valence-corrected chi connectivity index (χ3v) is 2.90. The fraction of sp³-hybridized carbons (Fsp3) is 0.500. The molecule has 0 aliphatic carbocycles. The fourth-order valence-electron chi connectivity index (χ4n) is 2.00. The second-order valence-corrected chi connectivity index (χ2v) is 4.03. The van der Waals surface area contributed by atoms with E-state index in [1.54, 1.807) is 6.20 Å². The Kier molecular flexibility index (Phi) is 3.33. The zero-order chi connectivity index (χ0) is 10.5. The van der Waals surface area contributed by atoms with Crippen LogP contribution >= 0.6 is 0 Å². The van der Waals surface area contributed by atoms with Crippen molar-refractivity contribution in [3.05, 3.63) is 30.1 Å². The summed E-state index contributed by atoms with van der Waals surface area (Å²) >= 11 is 0. The van der Waals surface area contributed by atoms with E-state index in [9.17, 15) is 4.79 Å². The Morgan fingerprint density at radius 1 is 1.53 bits per heavy atom. The van der Waals surface area contributed by atoms with Crippen LogP contribution in [-0.2, 0) is 11.2 Å². The van der Waals surface area contributed by atoms with Gasteiger partial charge in [0.2, 0.25) is 5.91 Å². The molecular formula is C12H16N2O. The van der Waals surface area contributed by atoms with E-state index >= 15 is 0 Å². The number of piperidine rings is 1. The molecule has 1 N–H and O–H groups in total. The molecule has 1 fully saturated rings. The molecule has 0 aromatic carbocycles. The molecule has 3 heteroatoms. The third-order valence-electron chi connectivity index (χ3n) is 2.90. The van der Waals surface area contributed by atoms with Crippen LogP contribution in [0.1, 0.15) is 24.8 Å². The Labute approximate surface area is 89.9 Å². The molecule has 0 spiro atoms. The molecule has 1 saturated heterocycles. The Hall–Kier alpha value is -1.38. The van der Waals surface area contributed by atoms with Crippen molar-refractivity contribution in [1.29, 1.82) is 0 Å². The van der Waals surface area contributed by atoms with E-state index in [1.807, 2.05) is 12.3 Å². The average Bonchev–Trinajstić information content (AvgIpc) is 2.29. The summed E-state index contributed by atoms with van der Waals surface area (Å²) in [5.74, 6) is 0.434. The molecule has 1 aliphatic rings. The number of carbonyl (C=O) groups is 1. The van der Waals surface area contributed by atoms with Crippen molar-refractivity contribution in [2.24, 2.45) is 5.92 Å². The Balaban J connectivity index is 1.85. The molecule has 2 rings (SSSR count). The van der Waals surface area contributed by atoms with Crippen molar-refractivity contribution < 1.29 is 4.79 Å². The van der Waals surface area contributed by atoms with E-state index < -0.39 is 0 Å². The minimum atomic E-state index is 0.207. The summed E-state index contributed by atoms with van der Waals surface area (Å²) in [5, 5.41) is 2.91. The normalized spacial score (nSPS) is 21.1. The van der Waals surface area contributed by atoms with Crippen LogP contribution in [0, 0.1) is 5.92 Å². The number of amides is 1. The van der Waals surface area contributed by atoms with Gasteiger partial charge in [0.1, 0.15) is 0 Å². The van der Waals surface area contributed by atoms with E-state index in [0.717, 1.165) is 32.2 Å². The molecule has 1 atom stereocenters. The van der Waals surface area contributed by atoms with Crippen LogP contribution in [0.5, 0.6) is 0 Å². The first-order valence-electron chi connectivity index (χ1n) is 5.53. The van der Waals surface area contributed by atoms with Gasteiger partial charge < -0.3 is 5.32 Å². The summed E-state index contributed by atoms with van der Waals surface area (Å²) in [5.41, 5.74) is 1.22. The van der Waals surface area contributed by atoms with Gasteiger partial charge in [0.15, 0.2) is 0 Å². The first-order valence-corrected chi connectivity index (χ1v) is 5.53. The van der Waals surface area contributed by atoms with E-state index in [1.165, 1.54) is 5.56 Å². The van der Waals surface area contributed by atoms with E-state index in [-0.39, 0.29) is 11.8 Å². The van der Waals surface area contributed by atoms with Crippen molar-refractivity contribution in [2.45, 2.75) is 25.7 Å². The number of aromatic nitrogens is 1. The highest BCUT2D eigenvalue weighted by molar-refractivity contribution is 5.79. The third kappa shape index (κ3) is 2.78. The maximum absolute atomic E-state index is 11.5. The van der Waals surface area contributed by atoms with Crippen molar-refractivity contribution in [2.75, 3.05) is 6.54 Å². The lowest BCUT2D eigenvalue weighted by molar-refractivity contribution is -0.126. The van der Waals surface area contributed by atoms with Crippen LogP contribution in [0.2, 0.25) is 0 Å². The van der Waals surface area contributed by atoms with Crippen molar-refractivity contribution in [3.8, 4) is 0 Å². The van der Waals surface area contributed by atoms with Crippen LogP contribution in [0.4, 0.5) is 0 Å². The second-order valence-electron chi connectivity index (χ2n) is 4.03. The maximum atomic E-state index is 11.5. The highest BCUT2D eigenvalue weighted by atomic mass is 16.1. The summed E-state index contributed by atoms with van der Waals surface area (Å²) in [6.45, 7) is 0.849. The summed E-state index contributed by atoms with van der Waals surface area (Å²) in [6, 6.07) is 4.00. The number of hydrogen-bond donors (Lipinski definition) is 1. The molecule has 15 heavy (non-hydrogen) atoms. The molecule has 1 aromatic rings. The molecular weight excluding hydrogens is 188 g/mol. The lowest BCUT2D eigenvalue weighted by Crippen LogP contribution is -2.36. The topological polar surface area (TPSA) is 42.0 Å². The first kappa shape index (κ1) is 10.1. The number of carbonyl (C=O) groups excluding carboxylic acids is 1. The van der Waals surface area contributed by atoms with Gasteiger partial charge in [-0.3, -0.25) is 9.78 Å². The molecule has 0 bridgehead atoms. The maximum Gasteiger partial charge on any atom is 0.223 e. The molecule has 0 radical (unpaired) electrons. The minimum absolute atomic E-state index is 0.207. The number of aryl methyl sites for hydroxylation is 1. The number of nitrogens with one attached hydrogen (secondary N) is 1. The molecule has 1 unspecified atom stereocenters. The van der Waals surface area contributed by atoms with Crippen LogP contribution in [-0.4, -0.2) is 17.4 Å². The van der Waals surface area contributed by atoms with Gasteiger partial charge in [0, 0.05) is 24.9 Å². The lowest BCUT2D eigenvalue weighted by atomic mass is 9.92. The largest absolute Gasteiger partial charge is 0.356 e. The van der Waals surface area contributed by atoms with Crippen LogP contribution in [0.25, 0.3) is 0 Å². The van der Waals surface area contributed by atoms with Crippen molar-refractivity contribution in [1.82, 2.24) is 10.3 Å². The second kappa shape index (κ2) is 4.91. The van der Waals surface area contributed by atoms with E-state index in [0.29, 0.717) is 0 Å². The molecule has 1 aliphatic heterocycles. The van der Waals surface area contributed by atoms with Crippen LogP contribution in [0.15, 0.2) is 24.5 Å². The van der Waals surface area contributed by atoms with Crippen LogP contribution < -0.4 is 5.32 Å². The standard InChI is InChI=1S/C12H16N2O/c15-12-11(4-2-8-14-12)6-5-10-3-1-7-13-9-10/h1,3,7,9,11H,2,4-6,8H2,(H,14,15). The Bertz CT molecular complexity index is 324. The molecule has 80 valence electrons. The molecule has 1 aromatic heterocycles. The Morgan fingerprint density at radius 2 is 2.47 bits per heavy atom. The molecule has 1 amide bonds. The van der Waals surface area contributed by atoms with Gasteiger partial charge in [-0.05, 0) is 37.3 Å². The monoisotopic (exact) mass is 204 g/mol. The number of pyridine rings is 1. The van der Waals surface area contributed by atoms with Gasteiger partial charge >= 0.3 is 0 Å². The van der Waals surface area contributed by atoms with Crippen LogP contribution in [0.3, 0.4) is 0 Å². The zero-order valence-corrected chi connectivity index (χ0v) is 8.78. The van der Waals surface area contributed by atoms with Gasteiger partial charge in [-0.25, -0.2) is 0 Å². The highest BCUT2D eigenvalue weighted by Gasteiger charge is 2.21. The minimum Gasteiger partial charge on any atom is -0.356 e. The average molecular weight is 204 g/mol. The van der Waals surface area contributed by atoms with Gasteiger partial charge in [-0.2, -0.15) is 0 Å². The summed E-state index contributed by atoms with van der Waals surface area (Å²) in [6.07, 6.45) is 7.69. The summed E-state index contributed by atoms with van der Waals surface area (Å²) < 4.78 is 0. The Morgan fingerprint density at radius 3 is 3.20 bits per heavy atom. The van der Waals surface area contributed by atoms with Crippen molar-refractivity contribution >= 4 is 5.91 Å². The van der Waals surface area contributed by atoms with Gasteiger partial charge in [0.25, 0.3) is 0 Å². The molecule has 3 nitrogen and oxygen atoms in total. The molecule has 2 heterocycles. The van der Waals surface area contributed by atoms with Crippen molar-refractivity contribution in [3.63, 3.8) is 0 Å². The number of nitrogens with zero attached hydrogens (tertiary/aromatic N) is 1. The fourth-order valence-corrected chi connectivity index (χ4v) is 2.00. The quantitative estimate of drug-likeness (QED) is 0.811. The first-order chi connectivity index (χ1) is 7.36. The van der Waals surface area contributed by atoms with Gasteiger partial charge in [0.05, 0.1) is 0 Å². The summed E-state index contributed by atoms with van der Waals surface area (Å²) in [4.78, 5) is 15.6. The SMILES string of the molecule is O=C1NCCCC1CCc1cccnc1.